The number of hydrogen-bond donors (Lipinski definition) is 3. The van der Waals surface area contributed by atoms with E-state index in [1.54, 1.807) is 0 Å². The van der Waals surface area contributed by atoms with E-state index in [4.69, 9.17) is 11.5 Å². The number of nitrogens with one attached hydrogen (secondary N) is 1. The molecule has 5 N–H and O–H groups in total. The molecule has 0 radical (unpaired) electrons. The Labute approximate surface area is 146 Å². The van der Waals surface area contributed by atoms with Crippen molar-refractivity contribution in [1.29, 1.82) is 0 Å². The van der Waals surface area contributed by atoms with Crippen molar-refractivity contribution in [3.05, 3.63) is 30.3 Å². The quantitative estimate of drug-likeness (QED) is 0.472. The first kappa shape index (κ1) is 16.5. The Kier molecular flexibility index (Phi) is 4.81. The fraction of sp³-hybridized carbons (Fsp3) is 0.200. The van der Waals surface area contributed by atoms with Crippen LogP contribution < -0.4 is 16.8 Å². The molecule has 2 heterocycles. The van der Waals surface area contributed by atoms with Gasteiger partial charge in [0, 0.05) is 6.07 Å². The van der Waals surface area contributed by atoms with Crippen LogP contribution in [0, 0.1) is 0 Å². The number of thioether (sulfide) groups is 1. The van der Waals surface area contributed by atoms with Crippen LogP contribution in [0.4, 0.5) is 16.8 Å². The summed E-state index contributed by atoms with van der Waals surface area (Å²) in [6.45, 7) is 1.92. The number of aromatic nitrogens is 3. The topological polar surface area (TPSA) is 120 Å². The molecular formula is C15H16N6OS2. The highest BCUT2D eigenvalue weighted by atomic mass is 32.2. The van der Waals surface area contributed by atoms with Crippen molar-refractivity contribution in [2.24, 2.45) is 0 Å². The van der Waals surface area contributed by atoms with E-state index in [1.165, 1.54) is 29.2 Å². The first-order valence-electron chi connectivity index (χ1n) is 7.28. The van der Waals surface area contributed by atoms with Gasteiger partial charge < -0.3 is 16.8 Å². The Morgan fingerprint density at radius 3 is 2.62 bits per heavy atom. The van der Waals surface area contributed by atoms with E-state index in [9.17, 15) is 4.79 Å². The van der Waals surface area contributed by atoms with E-state index in [2.05, 4.69) is 20.3 Å². The molecule has 0 saturated carbocycles. The predicted molar refractivity (Wildman–Crippen MR) is 99.0 cm³/mol. The van der Waals surface area contributed by atoms with E-state index in [0.717, 1.165) is 10.2 Å². The number of fused-ring (bicyclic) bond motifs is 1. The van der Waals surface area contributed by atoms with Crippen molar-refractivity contribution in [1.82, 2.24) is 15.0 Å². The lowest BCUT2D eigenvalue weighted by atomic mass is 10.3. The van der Waals surface area contributed by atoms with Crippen LogP contribution in [0.2, 0.25) is 0 Å². The van der Waals surface area contributed by atoms with Crippen molar-refractivity contribution in [3.63, 3.8) is 0 Å². The minimum Gasteiger partial charge on any atom is -0.383 e. The summed E-state index contributed by atoms with van der Waals surface area (Å²) in [6.07, 6.45) is 0.611. The van der Waals surface area contributed by atoms with E-state index in [0.29, 0.717) is 16.7 Å². The second kappa shape index (κ2) is 7.02. The lowest BCUT2D eigenvalue weighted by Crippen LogP contribution is -2.24. The Morgan fingerprint density at radius 2 is 1.96 bits per heavy atom. The SMILES string of the molecule is CCC(Sc1nc(N)cc(N)n1)C(=O)Nc1nc2ccccc2s1. The molecule has 0 saturated heterocycles. The van der Waals surface area contributed by atoms with Crippen molar-refractivity contribution in [3.8, 4) is 0 Å². The highest BCUT2D eigenvalue weighted by molar-refractivity contribution is 8.00. The summed E-state index contributed by atoms with van der Waals surface area (Å²) in [4.78, 5) is 25.1. The standard InChI is InChI=1S/C15H16N6OS2/c1-2-9(23-15-19-11(16)7-12(17)20-15)13(22)21-14-18-8-5-3-4-6-10(8)24-14/h3-7,9H,2H2,1H3,(H,18,21,22)(H4,16,17,19,20). The van der Waals surface area contributed by atoms with Gasteiger partial charge in [-0.25, -0.2) is 15.0 Å². The maximum Gasteiger partial charge on any atom is 0.239 e. The summed E-state index contributed by atoms with van der Waals surface area (Å²) < 4.78 is 1.03. The summed E-state index contributed by atoms with van der Waals surface area (Å²) >= 11 is 2.67. The van der Waals surface area contributed by atoms with Gasteiger partial charge in [-0.05, 0) is 18.6 Å². The number of benzene rings is 1. The van der Waals surface area contributed by atoms with E-state index < -0.39 is 0 Å². The highest BCUT2D eigenvalue weighted by Gasteiger charge is 2.21. The van der Waals surface area contributed by atoms with Gasteiger partial charge in [-0.2, -0.15) is 0 Å². The molecule has 7 nitrogen and oxygen atoms in total. The molecule has 1 amide bonds. The lowest BCUT2D eigenvalue weighted by molar-refractivity contribution is -0.115. The van der Waals surface area contributed by atoms with Crippen LogP contribution in [0.15, 0.2) is 35.5 Å². The van der Waals surface area contributed by atoms with Gasteiger partial charge in [-0.15, -0.1) is 0 Å². The van der Waals surface area contributed by atoms with E-state index in [-0.39, 0.29) is 22.8 Å². The molecular weight excluding hydrogens is 344 g/mol. The van der Waals surface area contributed by atoms with Gasteiger partial charge in [0.05, 0.1) is 15.5 Å². The molecule has 2 aromatic heterocycles. The van der Waals surface area contributed by atoms with Gasteiger partial charge in [0.25, 0.3) is 0 Å². The number of nitrogen functional groups attached to an aromatic ring is 2. The zero-order chi connectivity index (χ0) is 17.1. The molecule has 1 atom stereocenters. The van der Waals surface area contributed by atoms with Gasteiger partial charge in [0.2, 0.25) is 5.91 Å². The Morgan fingerprint density at radius 1 is 1.25 bits per heavy atom. The van der Waals surface area contributed by atoms with Crippen LogP contribution in [0.3, 0.4) is 0 Å². The molecule has 0 spiro atoms. The molecule has 0 aliphatic heterocycles. The Balaban J connectivity index is 1.73. The molecule has 0 bridgehead atoms. The van der Waals surface area contributed by atoms with Crippen LogP contribution in [0.5, 0.6) is 0 Å². The van der Waals surface area contributed by atoms with Crippen LogP contribution in [0.25, 0.3) is 10.2 Å². The molecule has 3 aromatic rings. The predicted octanol–water partition coefficient (Wildman–Crippen LogP) is 2.76. The van der Waals surface area contributed by atoms with E-state index >= 15 is 0 Å². The van der Waals surface area contributed by atoms with Crippen LogP contribution in [-0.4, -0.2) is 26.1 Å². The number of carbonyl (C=O) groups is 1. The minimum absolute atomic E-state index is 0.147. The molecule has 124 valence electrons. The zero-order valence-electron chi connectivity index (χ0n) is 12.9. The highest BCUT2D eigenvalue weighted by Crippen LogP contribution is 2.28. The summed E-state index contributed by atoms with van der Waals surface area (Å²) in [5.41, 5.74) is 12.2. The van der Waals surface area contributed by atoms with Crippen molar-refractivity contribution in [2.45, 2.75) is 23.8 Å². The number of carbonyl (C=O) groups excluding carboxylic acids is 1. The van der Waals surface area contributed by atoms with Crippen molar-refractivity contribution >= 4 is 56.0 Å². The molecule has 0 aliphatic rings. The third-order valence-electron chi connectivity index (χ3n) is 3.18. The van der Waals surface area contributed by atoms with Crippen LogP contribution in [0.1, 0.15) is 13.3 Å². The normalized spacial score (nSPS) is 12.2. The van der Waals surface area contributed by atoms with Crippen molar-refractivity contribution in [2.75, 3.05) is 16.8 Å². The van der Waals surface area contributed by atoms with Gasteiger partial charge in [-0.1, -0.05) is 42.2 Å². The fourth-order valence-corrected chi connectivity index (χ4v) is 3.85. The second-order valence-corrected chi connectivity index (χ2v) is 7.19. The number of anilines is 3. The number of amides is 1. The molecule has 24 heavy (non-hydrogen) atoms. The molecule has 1 unspecified atom stereocenters. The maximum absolute atomic E-state index is 12.5. The first-order chi connectivity index (χ1) is 11.5. The monoisotopic (exact) mass is 360 g/mol. The Bertz CT molecular complexity index is 828. The van der Waals surface area contributed by atoms with Crippen molar-refractivity contribution < 1.29 is 4.79 Å². The lowest BCUT2D eigenvalue weighted by Gasteiger charge is -2.12. The number of nitrogens with zero attached hydrogens (tertiary/aromatic N) is 3. The fourth-order valence-electron chi connectivity index (χ4n) is 2.08. The summed E-state index contributed by atoms with van der Waals surface area (Å²) in [5, 5.41) is 3.46. The number of para-hydroxylation sites is 1. The first-order valence-corrected chi connectivity index (χ1v) is 8.98. The average Bonchev–Trinajstić information content (AvgIpc) is 2.93. The third-order valence-corrected chi connectivity index (χ3v) is 5.36. The molecule has 0 fully saturated rings. The molecule has 3 rings (SSSR count). The van der Waals surface area contributed by atoms with Crippen LogP contribution >= 0.6 is 23.1 Å². The smallest absolute Gasteiger partial charge is 0.239 e. The van der Waals surface area contributed by atoms with Gasteiger partial charge in [0.1, 0.15) is 11.6 Å². The van der Waals surface area contributed by atoms with E-state index in [1.807, 2.05) is 31.2 Å². The summed E-state index contributed by atoms with van der Waals surface area (Å²) in [7, 11) is 0. The number of thiazole rings is 1. The molecule has 0 aliphatic carbocycles. The second-order valence-electron chi connectivity index (χ2n) is 4.99. The van der Waals surface area contributed by atoms with Gasteiger partial charge in [-0.3, -0.25) is 4.79 Å². The van der Waals surface area contributed by atoms with Crippen LogP contribution in [-0.2, 0) is 4.79 Å². The van der Waals surface area contributed by atoms with Gasteiger partial charge >= 0.3 is 0 Å². The Hall–Kier alpha value is -2.39. The number of nitrogens with two attached hydrogens (primary N) is 2. The number of rotatable bonds is 5. The average molecular weight is 360 g/mol. The molecule has 9 heteroatoms. The third kappa shape index (κ3) is 3.74. The summed E-state index contributed by atoms with van der Waals surface area (Å²) in [5.74, 6) is 0.420. The zero-order valence-corrected chi connectivity index (χ0v) is 14.5. The largest absolute Gasteiger partial charge is 0.383 e. The maximum atomic E-state index is 12.5. The van der Waals surface area contributed by atoms with Gasteiger partial charge in [0.15, 0.2) is 10.3 Å². The molecule has 1 aromatic carbocycles. The minimum atomic E-state index is -0.363. The number of hydrogen-bond acceptors (Lipinski definition) is 8. The summed E-state index contributed by atoms with van der Waals surface area (Å²) in [6, 6.07) is 9.22.